The van der Waals surface area contributed by atoms with Crippen molar-refractivity contribution in [3.63, 3.8) is 0 Å². The first-order valence-electron chi connectivity index (χ1n) is 10.2. The van der Waals surface area contributed by atoms with Crippen molar-refractivity contribution in [2.24, 2.45) is 5.92 Å². The van der Waals surface area contributed by atoms with Crippen LogP contribution in [-0.4, -0.2) is 50.7 Å². The van der Waals surface area contributed by atoms with Crippen molar-refractivity contribution in [2.45, 2.75) is 19.4 Å². The van der Waals surface area contributed by atoms with Crippen molar-refractivity contribution >= 4 is 29.2 Å². The van der Waals surface area contributed by atoms with Crippen molar-refractivity contribution in [1.82, 2.24) is 0 Å². The van der Waals surface area contributed by atoms with Crippen LogP contribution in [0.25, 0.3) is 0 Å². The lowest BCUT2D eigenvalue weighted by Gasteiger charge is -2.34. The fourth-order valence-electron chi connectivity index (χ4n) is 3.93. The molecule has 2 aromatic carbocycles. The highest BCUT2D eigenvalue weighted by Crippen LogP contribution is 2.36. The predicted octanol–water partition coefficient (Wildman–Crippen LogP) is 2.41. The van der Waals surface area contributed by atoms with Gasteiger partial charge in [-0.05, 0) is 43.3 Å². The minimum absolute atomic E-state index is 0.0380. The molecule has 2 amide bonds. The molecule has 0 N–H and O–H groups in total. The summed E-state index contributed by atoms with van der Waals surface area (Å²) in [6.07, 6.45) is -0.808. The third-order valence-electron chi connectivity index (χ3n) is 5.44. The van der Waals surface area contributed by atoms with Gasteiger partial charge in [0.1, 0.15) is 11.5 Å². The van der Waals surface area contributed by atoms with Crippen LogP contribution in [0.15, 0.2) is 48.5 Å². The van der Waals surface area contributed by atoms with Crippen LogP contribution in [0.1, 0.15) is 13.3 Å². The van der Waals surface area contributed by atoms with E-state index in [-0.39, 0.29) is 31.3 Å². The topological polar surface area (TPSA) is 85.4 Å². The summed E-state index contributed by atoms with van der Waals surface area (Å²) >= 11 is 0. The molecule has 0 aromatic heterocycles. The Morgan fingerprint density at radius 3 is 2.55 bits per heavy atom. The summed E-state index contributed by atoms with van der Waals surface area (Å²) in [6, 6.07) is 14.3. The number of carbonyl (C=O) groups excluding carboxylic acids is 3. The third-order valence-corrected chi connectivity index (χ3v) is 5.44. The van der Waals surface area contributed by atoms with Gasteiger partial charge in [0.2, 0.25) is 17.9 Å². The Labute approximate surface area is 180 Å². The molecule has 8 nitrogen and oxygen atoms in total. The summed E-state index contributed by atoms with van der Waals surface area (Å²) in [5.74, 6) is -0.246. The summed E-state index contributed by atoms with van der Waals surface area (Å²) in [5.41, 5.74) is 1.30. The van der Waals surface area contributed by atoms with E-state index in [4.69, 9.17) is 14.2 Å². The number of esters is 1. The summed E-state index contributed by atoms with van der Waals surface area (Å²) in [5, 5.41) is 0. The zero-order chi connectivity index (χ0) is 22.0. The normalized spacial score (nSPS) is 20.1. The van der Waals surface area contributed by atoms with E-state index in [0.717, 1.165) is 11.4 Å². The highest BCUT2D eigenvalue weighted by Gasteiger charge is 2.41. The molecule has 2 aliphatic rings. The number of nitrogens with zero attached hydrogens (tertiary/aromatic N) is 2. The molecule has 2 aromatic rings. The highest BCUT2D eigenvalue weighted by molar-refractivity contribution is 6.05. The number of anilines is 2. The Kier molecular flexibility index (Phi) is 5.79. The molecule has 0 radical (unpaired) electrons. The average Bonchev–Trinajstić information content (AvgIpc) is 3.19. The standard InChI is InChI=1S/C23H24N2O6/c1-3-30-17-10-8-16(9-11-17)24-13-15(12-21(24)26)22(27)25-14-20(23(28)29-2)31-19-7-5-4-6-18(19)25/h4-11,15,20H,3,12-14H2,1-2H3/t15-,20-/m0/s1. The molecule has 4 rings (SSSR count). The quantitative estimate of drug-likeness (QED) is 0.686. The second-order valence-corrected chi connectivity index (χ2v) is 7.38. The lowest BCUT2D eigenvalue weighted by Crippen LogP contribution is -2.49. The predicted molar refractivity (Wildman–Crippen MR) is 113 cm³/mol. The van der Waals surface area contributed by atoms with Crippen LogP contribution in [0.3, 0.4) is 0 Å². The van der Waals surface area contributed by atoms with Gasteiger partial charge >= 0.3 is 5.97 Å². The van der Waals surface area contributed by atoms with E-state index < -0.39 is 18.0 Å². The number of benzene rings is 2. The molecule has 8 heteroatoms. The molecule has 0 saturated carbocycles. The smallest absolute Gasteiger partial charge is 0.348 e. The van der Waals surface area contributed by atoms with E-state index in [2.05, 4.69) is 0 Å². The average molecular weight is 424 g/mol. The number of para-hydroxylation sites is 2. The van der Waals surface area contributed by atoms with Crippen LogP contribution in [-0.2, 0) is 19.1 Å². The number of carbonyl (C=O) groups is 3. The van der Waals surface area contributed by atoms with Crippen molar-refractivity contribution in [1.29, 1.82) is 0 Å². The Bertz CT molecular complexity index is 990. The van der Waals surface area contributed by atoms with E-state index in [1.165, 1.54) is 12.0 Å². The fourth-order valence-corrected chi connectivity index (χ4v) is 3.93. The maximum atomic E-state index is 13.4. The zero-order valence-corrected chi connectivity index (χ0v) is 17.4. The number of fused-ring (bicyclic) bond motifs is 1. The van der Waals surface area contributed by atoms with E-state index in [1.807, 2.05) is 19.1 Å². The number of rotatable bonds is 5. The molecular weight excluding hydrogens is 400 g/mol. The number of hydrogen-bond donors (Lipinski definition) is 0. The molecule has 1 fully saturated rings. The SMILES string of the molecule is CCOc1ccc(N2C[C@@H](C(=O)N3C[C@@H](C(=O)OC)Oc4ccccc43)CC2=O)cc1. The van der Waals surface area contributed by atoms with Gasteiger partial charge in [0.15, 0.2) is 0 Å². The van der Waals surface area contributed by atoms with E-state index in [1.54, 1.807) is 41.3 Å². The molecule has 0 aliphatic carbocycles. The summed E-state index contributed by atoms with van der Waals surface area (Å²) in [7, 11) is 1.28. The zero-order valence-electron chi connectivity index (χ0n) is 17.4. The lowest BCUT2D eigenvalue weighted by molar-refractivity contribution is -0.148. The van der Waals surface area contributed by atoms with Crippen LogP contribution in [0.4, 0.5) is 11.4 Å². The molecule has 2 aliphatic heterocycles. The van der Waals surface area contributed by atoms with Crippen LogP contribution in [0.5, 0.6) is 11.5 Å². The number of hydrogen-bond acceptors (Lipinski definition) is 6. The van der Waals surface area contributed by atoms with Crippen LogP contribution in [0.2, 0.25) is 0 Å². The van der Waals surface area contributed by atoms with Gasteiger partial charge in [-0.1, -0.05) is 12.1 Å². The Morgan fingerprint density at radius 1 is 1.10 bits per heavy atom. The molecule has 162 valence electrons. The molecular formula is C23H24N2O6. The van der Waals surface area contributed by atoms with Gasteiger partial charge in [-0.15, -0.1) is 0 Å². The summed E-state index contributed by atoms with van der Waals surface area (Å²) < 4.78 is 16.0. The largest absolute Gasteiger partial charge is 0.494 e. The van der Waals surface area contributed by atoms with Crippen LogP contribution >= 0.6 is 0 Å². The van der Waals surface area contributed by atoms with E-state index in [9.17, 15) is 14.4 Å². The molecule has 0 unspecified atom stereocenters. The molecule has 2 atom stereocenters. The van der Waals surface area contributed by atoms with Crippen LogP contribution in [0, 0.1) is 5.92 Å². The first-order valence-corrected chi connectivity index (χ1v) is 10.2. The van der Waals surface area contributed by atoms with Crippen molar-refractivity contribution < 1.29 is 28.6 Å². The van der Waals surface area contributed by atoms with Crippen LogP contribution < -0.4 is 19.3 Å². The second-order valence-electron chi connectivity index (χ2n) is 7.38. The van der Waals surface area contributed by atoms with Gasteiger partial charge in [0, 0.05) is 18.7 Å². The first kappa shape index (κ1) is 20.7. The van der Waals surface area contributed by atoms with Crippen molar-refractivity contribution in [2.75, 3.05) is 36.6 Å². The fraction of sp³-hybridized carbons (Fsp3) is 0.348. The van der Waals surface area contributed by atoms with Gasteiger partial charge in [-0.2, -0.15) is 0 Å². The molecule has 1 saturated heterocycles. The van der Waals surface area contributed by atoms with Gasteiger partial charge < -0.3 is 24.0 Å². The minimum atomic E-state index is -0.914. The van der Waals surface area contributed by atoms with Gasteiger partial charge in [-0.3, -0.25) is 9.59 Å². The molecule has 2 heterocycles. The summed E-state index contributed by atoms with van der Waals surface area (Å²) in [6.45, 7) is 2.78. The monoisotopic (exact) mass is 424 g/mol. The van der Waals surface area contributed by atoms with Crippen molar-refractivity contribution in [3.05, 3.63) is 48.5 Å². The Balaban J connectivity index is 1.54. The number of amides is 2. The number of ether oxygens (including phenoxy) is 3. The van der Waals surface area contributed by atoms with E-state index in [0.29, 0.717) is 18.0 Å². The van der Waals surface area contributed by atoms with Gasteiger partial charge in [-0.25, -0.2) is 4.79 Å². The maximum Gasteiger partial charge on any atom is 0.348 e. The minimum Gasteiger partial charge on any atom is -0.494 e. The Hall–Kier alpha value is -3.55. The van der Waals surface area contributed by atoms with Crippen molar-refractivity contribution in [3.8, 4) is 11.5 Å². The first-order chi connectivity index (χ1) is 15.0. The second kappa shape index (κ2) is 8.67. The number of methoxy groups -OCH3 is 1. The third kappa shape index (κ3) is 4.05. The molecule has 0 spiro atoms. The highest BCUT2D eigenvalue weighted by atomic mass is 16.6. The Morgan fingerprint density at radius 2 is 1.84 bits per heavy atom. The van der Waals surface area contributed by atoms with Gasteiger partial charge in [0.05, 0.1) is 31.9 Å². The summed E-state index contributed by atoms with van der Waals surface area (Å²) in [4.78, 5) is 41.3. The maximum absolute atomic E-state index is 13.4. The van der Waals surface area contributed by atoms with E-state index >= 15 is 0 Å². The molecule has 31 heavy (non-hydrogen) atoms. The lowest BCUT2D eigenvalue weighted by atomic mass is 10.0. The van der Waals surface area contributed by atoms with Gasteiger partial charge in [0.25, 0.3) is 0 Å². The molecule has 0 bridgehead atoms.